The smallest absolute Gasteiger partial charge is 0.199 e. The summed E-state index contributed by atoms with van der Waals surface area (Å²) in [7, 11) is 0. The molecule has 0 bridgehead atoms. The number of aromatic nitrogens is 1. The van der Waals surface area contributed by atoms with Gasteiger partial charge < -0.3 is 10.1 Å². The number of carbonyl (C=O) groups is 1. The normalized spacial score (nSPS) is 11.8. The van der Waals surface area contributed by atoms with E-state index in [1.807, 2.05) is 42.5 Å². The fourth-order valence-electron chi connectivity index (χ4n) is 2.77. The number of hydrogen-bond donors (Lipinski definition) is 2. The summed E-state index contributed by atoms with van der Waals surface area (Å²) in [6.45, 7) is 4.27. The van der Waals surface area contributed by atoms with Crippen molar-refractivity contribution in [3.63, 3.8) is 0 Å². The van der Waals surface area contributed by atoms with Crippen molar-refractivity contribution in [2.24, 2.45) is 4.99 Å². The van der Waals surface area contributed by atoms with Gasteiger partial charge in [-0.05, 0) is 31.5 Å². The molecule has 3 rings (SSSR count). The van der Waals surface area contributed by atoms with Crippen LogP contribution in [0.3, 0.4) is 0 Å². The van der Waals surface area contributed by atoms with Gasteiger partial charge in [-0.1, -0.05) is 37.3 Å². The first-order valence-corrected chi connectivity index (χ1v) is 8.07. The molecule has 0 unspecified atom stereocenters. The largest absolute Gasteiger partial charge is 0.494 e. The van der Waals surface area contributed by atoms with Crippen LogP contribution in [0.4, 0.5) is 0 Å². The lowest BCUT2D eigenvalue weighted by Gasteiger charge is -2.07. The first-order chi connectivity index (χ1) is 11.6. The second kappa shape index (κ2) is 6.71. The number of H-pyrrole nitrogens is 1. The van der Waals surface area contributed by atoms with Crippen molar-refractivity contribution in [3.05, 3.63) is 65.2 Å². The van der Waals surface area contributed by atoms with Gasteiger partial charge >= 0.3 is 0 Å². The molecule has 0 aliphatic carbocycles. The second-order valence-corrected chi connectivity index (χ2v) is 5.76. The third-order valence-corrected chi connectivity index (χ3v) is 3.96. The summed E-state index contributed by atoms with van der Waals surface area (Å²) in [6.07, 6.45) is 0.915. The van der Waals surface area contributed by atoms with Gasteiger partial charge in [0.05, 0.1) is 11.3 Å². The molecular formula is C20H20N2O2. The van der Waals surface area contributed by atoms with Gasteiger partial charge in [-0.25, -0.2) is 0 Å². The SMILES string of the molecule is CCCN=C(c1ccccc1)c1c(O)[nH]c2ccc(C(C)=O)cc12. The molecule has 3 aromatic rings. The molecule has 0 spiro atoms. The van der Waals surface area contributed by atoms with Crippen molar-refractivity contribution < 1.29 is 9.90 Å². The van der Waals surface area contributed by atoms with Gasteiger partial charge in [-0.2, -0.15) is 0 Å². The van der Waals surface area contributed by atoms with E-state index in [0.717, 1.165) is 28.6 Å². The van der Waals surface area contributed by atoms with Crippen LogP contribution in [0, 0.1) is 0 Å². The maximum atomic E-state index is 11.7. The van der Waals surface area contributed by atoms with Crippen LogP contribution in [0.25, 0.3) is 10.9 Å². The Morgan fingerprint density at radius 2 is 1.88 bits per heavy atom. The molecule has 4 heteroatoms. The van der Waals surface area contributed by atoms with E-state index in [-0.39, 0.29) is 11.7 Å². The van der Waals surface area contributed by atoms with Crippen molar-refractivity contribution in [1.29, 1.82) is 0 Å². The van der Waals surface area contributed by atoms with E-state index in [2.05, 4.69) is 11.9 Å². The summed E-state index contributed by atoms with van der Waals surface area (Å²) in [4.78, 5) is 19.4. The number of aromatic amines is 1. The summed E-state index contributed by atoms with van der Waals surface area (Å²) < 4.78 is 0. The molecule has 0 amide bonds. The average molecular weight is 320 g/mol. The standard InChI is InChI=1S/C20H20N2O2/c1-3-11-21-19(14-7-5-4-6-8-14)18-16-12-15(13(2)23)9-10-17(16)22-20(18)24/h4-10,12,22,24H,3,11H2,1-2H3. The Kier molecular flexibility index (Phi) is 4.47. The Balaban J connectivity index is 2.25. The third kappa shape index (κ3) is 2.95. The average Bonchev–Trinajstić information content (AvgIpc) is 2.91. The number of ketones is 1. The van der Waals surface area contributed by atoms with Crippen molar-refractivity contribution in [2.45, 2.75) is 20.3 Å². The number of aromatic hydroxyl groups is 1. The third-order valence-electron chi connectivity index (χ3n) is 3.96. The van der Waals surface area contributed by atoms with Crippen molar-refractivity contribution in [2.75, 3.05) is 6.54 Å². The van der Waals surface area contributed by atoms with Crippen LogP contribution in [0.15, 0.2) is 53.5 Å². The number of aliphatic imine (C=N–C) groups is 1. The van der Waals surface area contributed by atoms with Crippen LogP contribution in [-0.2, 0) is 0 Å². The maximum Gasteiger partial charge on any atom is 0.199 e. The quantitative estimate of drug-likeness (QED) is 0.543. The summed E-state index contributed by atoms with van der Waals surface area (Å²) in [5.41, 5.74) is 3.73. The van der Waals surface area contributed by atoms with E-state index in [1.54, 1.807) is 6.07 Å². The lowest BCUT2D eigenvalue weighted by molar-refractivity contribution is 0.101. The van der Waals surface area contributed by atoms with E-state index < -0.39 is 0 Å². The van der Waals surface area contributed by atoms with E-state index in [4.69, 9.17) is 4.99 Å². The number of rotatable bonds is 5. The zero-order valence-corrected chi connectivity index (χ0v) is 13.8. The minimum Gasteiger partial charge on any atom is -0.494 e. The van der Waals surface area contributed by atoms with Crippen LogP contribution in [-0.4, -0.2) is 28.1 Å². The first-order valence-electron chi connectivity index (χ1n) is 8.07. The Morgan fingerprint density at radius 3 is 2.54 bits per heavy atom. The zero-order chi connectivity index (χ0) is 17.1. The fraction of sp³-hybridized carbons (Fsp3) is 0.200. The fourth-order valence-corrected chi connectivity index (χ4v) is 2.77. The zero-order valence-electron chi connectivity index (χ0n) is 13.8. The lowest BCUT2D eigenvalue weighted by atomic mass is 9.99. The molecule has 2 N–H and O–H groups in total. The van der Waals surface area contributed by atoms with E-state index >= 15 is 0 Å². The lowest BCUT2D eigenvalue weighted by Crippen LogP contribution is -2.04. The molecule has 1 aromatic heterocycles. The van der Waals surface area contributed by atoms with Crippen LogP contribution in [0.2, 0.25) is 0 Å². The number of hydrogen-bond acceptors (Lipinski definition) is 3. The van der Waals surface area contributed by atoms with E-state index in [0.29, 0.717) is 17.7 Å². The van der Waals surface area contributed by atoms with Crippen LogP contribution >= 0.6 is 0 Å². The minimum absolute atomic E-state index is 0.00435. The summed E-state index contributed by atoms with van der Waals surface area (Å²) in [5, 5.41) is 11.3. The van der Waals surface area contributed by atoms with Gasteiger partial charge in [-0.3, -0.25) is 9.79 Å². The number of fused-ring (bicyclic) bond motifs is 1. The van der Waals surface area contributed by atoms with Crippen LogP contribution in [0.5, 0.6) is 5.88 Å². The predicted octanol–water partition coefficient (Wildman–Crippen LogP) is 4.32. The molecular weight excluding hydrogens is 300 g/mol. The molecule has 0 atom stereocenters. The van der Waals surface area contributed by atoms with Gasteiger partial charge in [0.15, 0.2) is 11.7 Å². The number of nitrogens with zero attached hydrogens (tertiary/aromatic N) is 1. The predicted molar refractivity (Wildman–Crippen MR) is 97.2 cm³/mol. The molecule has 4 nitrogen and oxygen atoms in total. The van der Waals surface area contributed by atoms with Crippen LogP contribution < -0.4 is 0 Å². The molecule has 0 aliphatic heterocycles. The first kappa shape index (κ1) is 16.0. The highest BCUT2D eigenvalue weighted by Gasteiger charge is 2.18. The summed E-state index contributed by atoms with van der Waals surface area (Å²) in [6, 6.07) is 15.2. The van der Waals surface area contributed by atoms with Gasteiger partial charge in [0.25, 0.3) is 0 Å². The number of Topliss-reactive ketones (excluding diaryl/α,β-unsaturated/α-hetero) is 1. The molecule has 1 heterocycles. The van der Waals surface area contributed by atoms with Crippen molar-refractivity contribution in [3.8, 4) is 5.88 Å². The highest BCUT2D eigenvalue weighted by molar-refractivity contribution is 6.21. The highest BCUT2D eigenvalue weighted by Crippen LogP contribution is 2.31. The molecule has 0 fully saturated rings. The summed E-state index contributed by atoms with van der Waals surface area (Å²) in [5.74, 6) is 0.0692. The molecule has 24 heavy (non-hydrogen) atoms. The Hall–Kier alpha value is -2.88. The number of carbonyl (C=O) groups excluding carboxylic acids is 1. The Labute approximate surface area is 140 Å². The molecule has 2 aromatic carbocycles. The number of nitrogens with one attached hydrogen (secondary N) is 1. The van der Waals surface area contributed by atoms with Gasteiger partial charge in [0.1, 0.15) is 0 Å². The monoisotopic (exact) mass is 320 g/mol. The van der Waals surface area contributed by atoms with Gasteiger partial charge in [0.2, 0.25) is 0 Å². The van der Waals surface area contributed by atoms with Gasteiger partial charge in [-0.15, -0.1) is 0 Å². The maximum absolute atomic E-state index is 11.7. The Morgan fingerprint density at radius 1 is 1.12 bits per heavy atom. The topological polar surface area (TPSA) is 65.5 Å². The molecule has 0 aliphatic rings. The van der Waals surface area contributed by atoms with E-state index in [9.17, 15) is 9.90 Å². The molecule has 122 valence electrons. The van der Waals surface area contributed by atoms with E-state index in [1.165, 1.54) is 6.92 Å². The Bertz CT molecular complexity index is 908. The molecule has 0 radical (unpaired) electrons. The summed E-state index contributed by atoms with van der Waals surface area (Å²) >= 11 is 0. The number of benzene rings is 2. The van der Waals surface area contributed by atoms with Crippen molar-refractivity contribution >= 4 is 22.4 Å². The minimum atomic E-state index is -0.00435. The molecule has 0 saturated heterocycles. The van der Waals surface area contributed by atoms with Crippen molar-refractivity contribution in [1.82, 2.24) is 4.98 Å². The molecule has 0 saturated carbocycles. The van der Waals surface area contributed by atoms with Crippen LogP contribution in [0.1, 0.15) is 41.8 Å². The second-order valence-electron chi connectivity index (χ2n) is 5.76. The highest BCUT2D eigenvalue weighted by atomic mass is 16.3. The van der Waals surface area contributed by atoms with Gasteiger partial charge in [0, 0.05) is 28.6 Å².